The molecule has 0 aliphatic heterocycles. The highest BCUT2D eigenvalue weighted by Gasteiger charge is 2.26. The maximum atomic E-state index is 13.1. The molecule has 0 amide bonds. The predicted octanol–water partition coefficient (Wildman–Crippen LogP) is 5.08. The summed E-state index contributed by atoms with van der Waals surface area (Å²) >= 11 is 0. The number of tetrazole rings is 1. The van der Waals surface area contributed by atoms with Gasteiger partial charge >= 0.3 is 0 Å². The van der Waals surface area contributed by atoms with E-state index >= 15 is 0 Å². The first kappa shape index (κ1) is 26.3. The van der Waals surface area contributed by atoms with Crippen molar-refractivity contribution in [2.75, 3.05) is 13.7 Å². The van der Waals surface area contributed by atoms with Crippen molar-refractivity contribution in [3.8, 4) is 5.75 Å². The molecular formula is C31H34N6O2. The Labute approximate surface area is 228 Å². The summed E-state index contributed by atoms with van der Waals surface area (Å²) in [5.41, 5.74) is 5.00. The van der Waals surface area contributed by atoms with Gasteiger partial charge in [0.05, 0.1) is 19.7 Å². The van der Waals surface area contributed by atoms with E-state index in [4.69, 9.17) is 4.74 Å². The molecule has 1 N–H and O–H groups in total. The van der Waals surface area contributed by atoms with Gasteiger partial charge in [-0.15, -0.1) is 5.10 Å². The van der Waals surface area contributed by atoms with Crippen molar-refractivity contribution in [3.05, 3.63) is 117 Å². The number of fused-ring (bicyclic) bond motifs is 1. The van der Waals surface area contributed by atoms with Crippen LogP contribution in [0.15, 0.2) is 83.7 Å². The van der Waals surface area contributed by atoms with Crippen LogP contribution in [-0.2, 0) is 19.5 Å². The molecule has 2 aromatic heterocycles. The molecular weight excluding hydrogens is 488 g/mol. The third-order valence-corrected chi connectivity index (χ3v) is 7.16. The van der Waals surface area contributed by atoms with Gasteiger partial charge in [0, 0.05) is 24.2 Å². The molecule has 0 radical (unpaired) electrons. The standard InChI is InChI=1S/C31H34N6O2/c1-4-29(30-33-34-35-37(30)20-24-11-13-27(39-3)14-12-24)36(17-16-23-8-6-5-7-9-23)21-26-19-25-18-22(2)10-15-28(25)32-31(26)38/h5-15,18-19,29H,4,16-17,20-21H2,1-3H3,(H,32,38). The van der Waals surface area contributed by atoms with Crippen LogP contribution in [0.5, 0.6) is 5.75 Å². The fourth-order valence-corrected chi connectivity index (χ4v) is 5.04. The number of aryl methyl sites for hydroxylation is 1. The Morgan fingerprint density at radius 2 is 1.79 bits per heavy atom. The first-order valence-electron chi connectivity index (χ1n) is 13.3. The van der Waals surface area contributed by atoms with E-state index in [-0.39, 0.29) is 11.6 Å². The maximum absolute atomic E-state index is 13.1. The number of ether oxygens (including phenoxy) is 1. The molecule has 8 nitrogen and oxygen atoms in total. The third-order valence-electron chi connectivity index (χ3n) is 7.16. The summed E-state index contributed by atoms with van der Waals surface area (Å²) in [7, 11) is 1.66. The highest BCUT2D eigenvalue weighted by atomic mass is 16.5. The molecule has 0 spiro atoms. The van der Waals surface area contributed by atoms with Gasteiger partial charge in [-0.25, -0.2) is 4.68 Å². The Bertz CT molecular complexity index is 1580. The molecule has 0 aliphatic rings. The molecule has 1 atom stereocenters. The maximum Gasteiger partial charge on any atom is 0.252 e. The number of rotatable bonds is 11. The zero-order chi connectivity index (χ0) is 27.2. The van der Waals surface area contributed by atoms with Gasteiger partial charge in [0.15, 0.2) is 5.82 Å². The lowest BCUT2D eigenvalue weighted by atomic mass is 10.1. The first-order chi connectivity index (χ1) is 19.0. The average molecular weight is 523 g/mol. The van der Waals surface area contributed by atoms with Crippen molar-refractivity contribution >= 4 is 10.9 Å². The molecule has 0 saturated carbocycles. The Morgan fingerprint density at radius 3 is 2.54 bits per heavy atom. The summed E-state index contributed by atoms with van der Waals surface area (Å²) in [6.45, 7) is 5.99. The Morgan fingerprint density at radius 1 is 1.00 bits per heavy atom. The van der Waals surface area contributed by atoms with E-state index in [9.17, 15) is 4.79 Å². The van der Waals surface area contributed by atoms with Gasteiger partial charge in [-0.05, 0) is 77.0 Å². The van der Waals surface area contributed by atoms with E-state index in [0.29, 0.717) is 13.1 Å². The molecule has 200 valence electrons. The van der Waals surface area contributed by atoms with Crippen molar-refractivity contribution in [2.45, 2.75) is 45.8 Å². The molecule has 5 aromatic rings. The summed E-state index contributed by atoms with van der Waals surface area (Å²) in [5.74, 6) is 1.60. The second-order valence-corrected chi connectivity index (χ2v) is 9.89. The molecule has 3 aromatic carbocycles. The fraction of sp³-hybridized carbons (Fsp3) is 0.290. The Kier molecular flexibility index (Phi) is 8.13. The number of pyridine rings is 1. The highest BCUT2D eigenvalue weighted by molar-refractivity contribution is 5.79. The van der Waals surface area contributed by atoms with Crippen molar-refractivity contribution in [3.63, 3.8) is 0 Å². The average Bonchev–Trinajstić information content (AvgIpc) is 3.41. The molecule has 2 heterocycles. The molecule has 0 bridgehead atoms. The minimum atomic E-state index is -0.0745. The number of methoxy groups -OCH3 is 1. The van der Waals surface area contributed by atoms with Crippen LogP contribution in [0, 0.1) is 6.92 Å². The SMILES string of the molecule is CCC(c1nnnn1Cc1ccc(OC)cc1)N(CCc1ccccc1)Cc1cc2cc(C)ccc2[nH]c1=O. The molecule has 39 heavy (non-hydrogen) atoms. The van der Waals surface area contributed by atoms with Crippen molar-refractivity contribution in [2.24, 2.45) is 0 Å². The van der Waals surface area contributed by atoms with Gasteiger partial charge in [0.25, 0.3) is 5.56 Å². The van der Waals surface area contributed by atoms with Crippen LogP contribution in [0.3, 0.4) is 0 Å². The van der Waals surface area contributed by atoms with Gasteiger partial charge in [-0.2, -0.15) is 0 Å². The van der Waals surface area contributed by atoms with Crippen LogP contribution < -0.4 is 10.3 Å². The van der Waals surface area contributed by atoms with Crippen LogP contribution in [0.2, 0.25) is 0 Å². The van der Waals surface area contributed by atoms with Gasteiger partial charge in [0.2, 0.25) is 0 Å². The van der Waals surface area contributed by atoms with Crippen LogP contribution in [0.4, 0.5) is 0 Å². The summed E-state index contributed by atoms with van der Waals surface area (Å²) in [5, 5.41) is 13.9. The summed E-state index contributed by atoms with van der Waals surface area (Å²) in [4.78, 5) is 18.5. The molecule has 0 aliphatic carbocycles. The van der Waals surface area contributed by atoms with E-state index in [1.807, 2.05) is 53.2 Å². The normalized spacial score (nSPS) is 12.2. The first-order valence-corrected chi connectivity index (χ1v) is 13.3. The van der Waals surface area contributed by atoms with Gasteiger partial charge in [-0.1, -0.05) is 61.0 Å². The minimum Gasteiger partial charge on any atom is -0.497 e. The van der Waals surface area contributed by atoms with Crippen LogP contribution in [0.1, 0.15) is 47.5 Å². The largest absolute Gasteiger partial charge is 0.497 e. The molecule has 0 fully saturated rings. The van der Waals surface area contributed by atoms with E-state index in [2.05, 4.69) is 69.6 Å². The third kappa shape index (κ3) is 6.23. The fourth-order valence-electron chi connectivity index (χ4n) is 5.04. The van der Waals surface area contributed by atoms with Gasteiger partial charge in [-0.3, -0.25) is 9.69 Å². The second-order valence-electron chi connectivity index (χ2n) is 9.89. The zero-order valence-electron chi connectivity index (χ0n) is 22.7. The van der Waals surface area contributed by atoms with Gasteiger partial charge < -0.3 is 9.72 Å². The summed E-state index contributed by atoms with van der Waals surface area (Å²) in [6, 6.07) is 26.4. The zero-order valence-corrected chi connectivity index (χ0v) is 22.7. The second kappa shape index (κ2) is 12.0. The van der Waals surface area contributed by atoms with Crippen molar-refractivity contribution in [1.82, 2.24) is 30.1 Å². The van der Waals surface area contributed by atoms with Crippen LogP contribution in [-0.4, -0.2) is 43.7 Å². The van der Waals surface area contributed by atoms with E-state index in [0.717, 1.165) is 58.6 Å². The molecule has 0 saturated heterocycles. The van der Waals surface area contributed by atoms with Crippen molar-refractivity contribution in [1.29, 1.82) is 0 Å². The van der Waals surface area contributed by atoms with Gasteiger partial charge in [0.1, 0.15) is 5.75 Å². The lowest BCUT2D eigenvalue weighted by Crippen LogP contribution is -2.34. The molecule has 5 rings (SSSR count). The highest BCUT2D eigenvalue weighted by Crippen LogP contribution is 2.26. The van der Waals surface area contributed by atoms with E-state index < -0.39 is 0 Å². The predicted molar refractivity (Wildman–Crippen MR) is 153 cm³/mol. The van der Waals surface area contributed by atoms with E-state index in [1.165, 1.54) is 5.56 Å². The molecule has 8 heteroatoms. The summed E-state index contributed by atoms with van der Waals surface area (Å²) < 4.78 is 7.16. The Balaban J connectivity index is 1.47. The van der Waals surface area contributed by atoms with Crippen LogP contribution >= 0.6 is 0 Å². The number of H-pyrrole nitrogens is 1. The number of hydrogen-bond donors (Lipinski definition) is 1. The topological polar surface area (TPSA) is 88.9 Å². The lowest BCUT2D eigenvalue weighted by Gasteiger charge is -2.30. The molecule has 1 unspecified atom stereocenters. The number of aromatic nitrogens is 5. The van der Waals surface area contributed by atoms with Crippen molar-refractivity contribution < 1.29 is 4.74 Å². The number of nitrogens with zero attached hydrogens (tertiary/aromatic N) is 5. The lowest BCUT2D eigenvalue weighted by molar-refractivity contribution is 0.172. The quantitative estimate of drug-likeness (QED) is 0.260. The minimum absolute atomic E-state index is 0.0660. The number of nitrogens with one attached hydrogen (secondary N) is 1. The summed E-state index contributed by atoms with van der Waals surface area (Å²) in [6.07, 6.45) is 1.64. The monoisotopic (exact) mass is 522 g/mol. The number of benzene rings is 3. The van der Waals surface area contributed by atoms with Crippen LogP contribution in [0.25, 0.3) is 10.9 Å². The smallest absolute Gasteiger partial charge is 0.252 e. The number of hydrogen-bond acceptors (Lipinski definition) is 6. The van der Waals surface area contributed by atoms with E-state index in [1.54, 1.807) is 7.11 Å². The Hall–Kier alpha value is -4.30. The number of aromatic amines is 1.